The third-order valence-corrected chi connectivity index (χ3v) is 4.40. The van der Waals surface area contributed by atoms with Crippen LogP contribution in [0.15, 0.2) is 0 Å². The summed E-state index contributed by atoms with van der Waals surface area (Å²) in [4.78, 5) is 11.9. The zero-order chi connectivity index (χ0) is 12.9. The van der Waals surface area contributed by atoms with Gasteiger partial charge < -0.3 is 5.11 Å². The van der Waals surface area contributed by atoms with Crippen molar-refractivity contribution in [3.8, 4) is 0 Å². The van der Waals surface area contributed by atoms with Crippen molar-refractivity contribution < 1.29 is 18.3 Å². The Hall–Kier alpha value is -0.420. The number of rotatable bonds is 5. The van der Waals surface area contributed by atoms with E-state index in [4.69, 9.17) is 0 Å². The van der Waals surface area contributed by atoms with Crippen LogP contribution in [-0.2, 0) is 14.6 Å². The summed E-state index contributed by atoms with van der Waals surface area (Å²) in [7, 11) is -3.01. The third-order valence-electron chi connectivity index (χ3n) is 3.37. The molecule has 0 aliphatic heterocycles. The molecule has 0 saturated heterocycles. The fourth-order valence-electron chi connectivity index (χ4n) is 2.32. The summed E-state index contributed by atoms with van der Waals surface area (Å²) in [5, 5.41) is 10.3. The van der Waals surface area contributed by atoms with E-state index < -0.39 is 15.4 Å². The van der Waals surface area contributed by atoms with E-state index in [2.05, 4.69) is 0 Å². The highest BCUT2D eigenvalue weighted by atomic mass is 32.2. The van der Waals surface area contributed by atoms with Gasteiger partial charge in [-0.15, -0.1) is 0 Å². The Balaban J connectivity index is 2.45. The molecule has 4 nitrogen and oxygen atoms in total. The standard InChI is InChI=1S/C12H22O4S/c1-17(15,16)10-6-7-11(13)12(14)8-4-2-3-5-9-12/h14H,2-10H2,1H3. The van der Waals surface area contributed by atoms with Crippen molar-refractivity contribution in [2.45, 2.75) is 57.0 Å². The van der Waals surface area contributed by atoms with Crippen LogP contribution in [0.4, 0.5) is 0 Å². The molecule has 0 unspecified atom stereocenters. The second kappa shape index (κ2) is 5.96. The van der Waals surface area contributed by atoms with Gasteiger partial charge in [0.1, 0.15) is 15.4 Å². The van der Waals surface area contributed by atoms with Crippen molar-refractivity contribution >= 4 is 15.6 Å². The molecule has 0 aromatic carbocycles. The Kier molecular flexibility index (Phi) is 5.13. The highest BCUT2D eigenvalue weighted by Crippen LogP contribution is 2.29. The van der Waals surface area contributed by atoms with Gasteiger partial charge in [-0.1, -0.05) is 25.7 Å². The summed E-state index contributed by atoms with van der Waals surface area (Å²) in [5.41, 5.74) is -1.19. The number of Topliss-reactive ketones (excluding diaryl/α,β-unsaturated/α-hetero) is 1. The molecule has 1 rings (SSSR count). The second-order valence-electron chi connectivity index (χ2n) is 5.10. The van der Waals surface area contributed by atoms with E-state index in [1.807, 2.05) is 0 Å². The van der Waals surface area contributed by atoms with Crippen LogP contribution in [-0.4, -0.2) is 36.9 Å². The lowest BCUT2D eigenvalue weighted by molar-refractivity contribution is -0.138. The maximum atomic E-state index is 11.9. The minimum Gasteiger partial charge on any atom is -0.382 e. The lowest BCUT2D eigenvalue weighted by Crippen LogP contribution is -2.38. The minimum absolute atomic E-state index is 0.0226. The molecular weight excluding hydrogens is 240 g/mol. The molecule has 0 aromatic rings. The number of carbonyl (C=O) groups is 1. The van der Waals surface area contributed by atoms with Crippen LogP contribution in [0.2, 0.25) is 0 Å². The summed E-state index contributed by atoms with van der Waals surface area (Å²) in [6.07, 6.45) is 6.62. The van der Waals surface area contributed by atoms with Gasteiger partial charge in [-0.2, -0.15) is 0 Å². The van der Waals surface area contributed by atoms with Crippen molar-refractivity contribution in [1.29, 1.82) is 0 Å². The molecule has 1 aliphatic carbocycles. The normalized spacial score (nSPS) is 20.8. The van der Waals surface area contributed by atoms with Crippen molar-refractivity contribution in [3.05, 3.63) is 0 Å². The van der Waals surface area contributed by atoms with E-state index in [9.17, 15) is 18.3 Å². The molecule has 100 valence electrons. The fraction of sp³-hybridized carbons (Fsp3) is 0.917. The van der Waals surface area contributed by atoms with Crippen molar-refractivity contribution in [3.63, 3.8) is 0 Å². The number of carbonyl (C=O) groups excluding carboxylic acids is 1. The lowest BCUT2D eigenvalue weighted by Gasteiger charge is -2.24. The van der Waals surface area contributed by atoms with Gasteiger partial charge in [-0.3, -0.25) is 4.79 Å². The molecule has 0 spiro atoms. The third kappa shape index (κ3) is 5.17. The SMILES string of the molecule is CS(=O)(=O)CCCC(=O)C1(O)CCCCCC1. The summed E-state index contributed by atoms with van der Waals surface area (Å²) in [6.45, 7) is 0. The molecule has 5 heteroatoms. The van der Waals surface area contributed by atoms with Crippen LogP contribution >= 0.6 is 0 Å². The van der Waals surface area contributed by atoms with Gasteiger partial charge in [0.15, 0.2) is 5.78 Å². The molecule has 0 heterocycles. The first kappa shape index (κ1) is 14.6. The van der Waals surface area contributed by atoms with Crippen molar-refractivity contribution in [2.24, 2.45) is 0 Å². The first-order valence-corrected chi connectivity index (χ1v) is 8.33. The van der Waals surface area contributed by atoms with Gasteiger partial charge in [-0.05, 0) is 19.3 Å². The van der Waals surface area contributed by atoms with Gasteiger partial charge in [0.25, 0.3) is 0 Å². The number of ketones is 1. The van der Waals surface area contributed by atoms with E-state index in [1.165, 1.54) is 0 Å². The topological polar surface area (TPSA) is 71.4 Å². The van der Waals surface area contributed by atoms with Crippen molar-refractivity contribution in [2.75, 3.05) is 12.0 Å². The summed E-state index contributed by atoms with van der Waals surface area (Å²) in [5.74, 6) is -0.155. The van der Waals surface area contributed by atoms with Crippen LogP contribution in [0.3, 0.4) is 0 Å². The van der Waals surface area contributed by atoms with Gasteiger partial charge in [0.05, 0.1) is 5.75 Å². The van der Waals surface area contributed by atoms with Crippen LogP contribution in [0, 0.1) is 0 Å². The Morgan fingerprint density at radius 2 is 1.71 bits per heavy atom. The molecule has 0 radical (unpaired) electrons. The average Bonchev–Trinajstić information content (AvgIpc) is 2.42. The Labute approximate surface area is 103 Å². The van der Waals surface area contributed by atoms with E-state index in [-0.39, 0.29) is 18.0 Å². The molecule has 0 bridgehead atoms. The monoisotopic (exact) mass is 262 g/mol. The fourth-order valence-corrected chi connectivity index (χ4v) is 2.99. The molecule has 0 aromatic heterocycles. The molecule has 1 saturated carbocycles. The van der Waals surface area contributed by atoms with Crippen LogP contribution in [0.25, 0.3) is 0 Å². The van der Waals surface area contributed by atoms with Crippen LogP contribution in [0.5, 0.6) is 0 Å². The lowest BCUT2D eigenvalue weighted by atomic mass is 9.88. The average molecular weight is 262 g/mol. The van der Waals surface area contributed by atoms with Gasteiger partial charge in [-0.25, -0.2) is 8.42 Å². The number of hydrogen-bond acceptors (Lipinski definition) is 4. The molecule has 1 N–H and O–H groups in total. The molecule has 1 fully saturated rings. The Bertz CT molecular complexity index is 351. The van der Waals surface area contributed by atoms with E-state index >= 15 is 0 Å². The van der Waals surface area contributed by atoms with E-state index in [0.29, 0.717) is 19.3 Å². The second-order valence-corrected chi connectivity index (χ2v) is 7.36. The maximum Gasteiger partial charge on any atom is 0.164 e. The zero-order valence-electron chi connectivity index (χ0n) is 10.4. The van der Waals surface area contributed by atoms with Crippen LogP contribution < -0.4 is 0 Å². The predicted octanol–water partition coefficient (Wildman–Crippen LogP) is 1.47. The van der Waals surface area contributed by atoms with Crippen LogP contribution in [0.1, 0.15) is 51.4 Å². The van der Waals surface area contributed by atoms with Gasteiger partial charge in [0, 0.05) is 12.7 Å². The summed E-state index contributed by atoms with van der Waals surface area (Å²) in [6, 6.07) is 0. The van der Waals surface area contributed by atoms with Gasteiger partial charge >= 0.3 is 0 Å². The highest BCUT2D eigenvalue weighted by molar-refractivity contribution is 7.90. The van der Waals surface area contributed by atoms with E-state index in [1.54, 1.807) is 0 Å². The molecule has 17 heavy (non-hydrogen) atoms. The summed E-state index contributed by atoms with van der Waals surface area (Å²) < 4.78 is 21.9. The minimum atomic E-state index is -3.01. The zero-order valence-corrected chi connectivity index (χ0v) is 11.3. The molecule has 0 amide bonds. The maximum absolute atomic E-state index is 11.9. The smallest absolute Gasteiger partial charge is 0.164 e. The van der Waals surface area contributed by atoms with E-state index in [0.717, 1.165) is 31.9 Å². The highest BCUT2D eigenvalue weighted by Gasteiger charge is 2.35. The largest absolute Gasteiger partial charge is 0.382 e. The summed E-state index contributed by atoms with van der Waals surface area (Å²) >= 11 is 0. The first-order valence-electron chi connectivity index (χ1n) is 6.27. The Morgan fingerprint density at radius 3 is 2.18 bits per heavy atom. The van der Waals surface area contributed by atoms with Crippen molar-refractivity contribution in [1.82, 2.24) is 0 Å². The first-order chi connectivity index (χ1) is 7.83. The van der Waals surface area contributed by atoms with Gasteiger partial charge in [0.2, 0.25) is 0 Å². The number of hydrogen-bond donors (Lipinski definition) is 1. The molecular formula is C12H22O4S. The predicted molar refractivity (Wildman–Crippen MR) is 66.6 cm³/mol. The number of aliphatic hydroxyl groups is 1. The number of sulfone groups is 1. The Morgan fingerprint density at radius 1 is 1.18 bits per heavy atom. The molecule has 1 aliphatic rings. The quantitative estimate of drug-likeness (QED) is 0.761. The molecule has 0 atom stereocenters.